The van der Waals surface area contributed by atoms with Gasteiger partial charge in [-0.25, -0.2) is 0 Å². The van der Waals surface area contributed by atoms with Crippen LogP contribution in [0.4, 0.5) is 5.69 Å². The Labute approximate surface area is 96.0 Å². The van der Waals surface area contributed by atoms with Crippen LogP contribution in [0.5, 0.6) is 0 Å². The van der Waals surface area contributed by atoms with E-state index in [1.54, 1.807) is 0 Å². The van der Waals surface area contributed by atoms with E-state index in [1.807, 2.05) is 0 Å². The van der Waals surface area contributed by atoms with Gasteiger partial charge in [0.25, 0.3) is 5.08 Å². The van der Waals surface area contributed by atoms with Crippen molar-refractivity contribution in [2.75, 3.05) is 5.73 Å². The number of benzene rings is 1. The van der Waals surface area contributed by atoms with E-state index in [2.05, 4.69) is 0 Å². The summed E-state index contributed by atoms with van der Waals surface area (Å²) in [7, 11) is -11.0. The van der Waals surface area contributed by atoms with Crippen LogP contribution in [0.25, 0.3) is 0 Å². The van der Waals surface area contributed by atoms with Gasteiger partial charge in [-0.1, -0.05) is 12.1 Å². The molecule has 0 fully saturated rings. The highest BCUT2D eigenvalue weighted by Gasteiger charge is 2.60. The summed E-state index contributed by atoms with van der Waals surface area (Å²) in [6.07, 6.45) is 0. The molecule has 0 amide bonds. The van der Waals surface area contributed by atoms with Crippen LogP contribution in [-0.4, -0.2) is 24.7 Å². The van der Waals surface area contributed by atoms with Gasteiger partial charge in [0, 0.05) is 11.3 Å². The first-order chi connectivity index (χ1) is 7.50. The van der Waals surface area contributed by atoms with E-state index in [0.29, 0.717) is 0 Å². The van der Waals surface area contributed by atoms with Crippen LogP contribution < -0.4 is 5.73 Å². The van der Waals surface area contributed by atoms with Crippen LogP contribution in [0.2, 0.25) is 0 Å². The second kappa shape index (κ2) is 4.19. The van der Waals surface area contributed by atoms with Crippen LogP contribution in [0.15, 0.2) is 24.3 Å². The number of aliphatic hydroxyl groups is 1. The first kappa shape index (κ1) is 14.3. The number of hydrogen-bond donors (Lipinski definition) is 6. The number of anilines is 1. The van der Waals surface area contributed by atoms with Crippen molar-refractivity contribution in [2.45, 2.75) is 5.08 Å². The largest absolute Gasteiger partial charge is 0.399 e. The molecule has 7 N–H and O–H groups in total. The highest BCUT2D eigenvalue weighted by atomic mass is 31.2. The molecule has 17 heavy (non-hydrogen) atoms. The standard InChI is InChI=1S/C7H11NO7P2/c8-6-3-1-5(2-4-6)7(9,16(10,11)12)17(13,14)15/h1-4,9H,8H2,(H2,10,11,12)(H2,13,14,15). The van der Waals surface area contributed by atoms with E-state index in [1.165, 1.54) is 0 Å². The molecule has 0 bridgehead atoms. The average Bonchev–Trinajstić information content (AvgIpc) is 2.14. The summed E-state index contributed by atoms with van der Waals surface area (Å²) in [6.45, 7) is 0. The Morgan fingerprint density at radius 1 is 0.941 bits per heavy atom. The minimum absolute atomic E-state index is 0.215. The SMILES string of the molecule is Nc1ccc(C(O)(P(=O)(O)O)P(=O)(O)O)cc1. The predicted molar refractivity (Wildman–Crippen MR) is 58.8 cm³/mol. The number of rotatable bonds is 3. The van der Waals surface area contributed by atoms with Crippen LogP contribution in [0, 0.1) is 0 Å². The molecule has 10 heteroatoms. The van der Waals surface area contributed by atoms with Crippen LogP contribution in [-0.2, 0) is 14.2 Å². The van der Waals surface area contributed by atoms with Gasteiger partial charge in [0.05, 0.1) is 0 Å². The summed E-state index contributed by atoms with van der Waals surface area (Å²) >= 11 is 0. The molecule has 0 aliphatic rings. The summed E-state index contributed by atoms with van der Waals surface area (Å²) in [5, 5.41) is 6.12. The van der Waals surface area contributed by atoms with Gasteiger partial charge in [-0.3, -0.25) is 9.13 Å². The van der Waals surface area contributed by atoms with Crippen molar-refractivity contribution in [2.24, 2.45) is 0 Å². The normalized spacial score (nSPS) is 13.7. The zero-order valence-corrected chi connectivity index (χ0v) is 10.1. The maximum Gasteiger partial charge on any atom is 0.374 e. The molecule has 1 rings (SSSR count). The van der Waals surface area contributed by atoms with Crippen molar-refractivity contribution in [3.63, 3.8) is 0 Å². The molecule has 96 valence electrons. The quantitative estimate of drug-likeness (QED) is 0.326. The zero-order valence-electron chi connectivity index (χ0n) is 8.33. The summed E-state index contributed by atoms with van der Waals surface area (Å²) in [5.41, 5.74) is 4.93. The topological polar surface area (TPSA) is 161 Å². The van der Waals surface area contributed by atoms with E-state index < -0.39 is 25.8 Å². The van der Waals surface area contributed by atoms with Gasteiger partial charge in [-0.15, -0.1) is 0 Å². The molecular formula is C7H11NO7P2. The predicted octanol–water partition coefficient (Wildman–Crippen LogP) is -0.273. The smallest absolute Gasteiger partial charge is 0.374 e. The summed E-state index contributed by atoms with van der Waals surface area (Å²) in [4.78, 5) is 35.7. The molecular weight excluding hydrogens is 272 g/mol. The van der Waals surface area contributed by atoms with Crippen molar-refractivity contribution in [1.82, 2.24) is 0 Å². The van der Waals surface area contributed by atoms with Crippen molar-refractivity contribution < 1.29 is 33.8 Å². The summed E-state index contributed by atoms with van der Waals surface area (Å²) in [6, 6.07) is 4.19. The molecule has 0 aliphatic carbocycles. The molecule has 0 saturated carbocycles. The Balaban J connectivity index is 3.52. The summed E-state index contributed by atoms with van der Waals surface area (Å²) in [5.74, 6) is 0. The van der Waals surface area contributed by atoms with Gasteiger partial charge in [0.2, 0.25) is 0 Å². The number of hydrogen-bond acceptors (Lipinski definition) is 4. The maximum absolute atomic E-state index is 11.1. The Morgan fingerprint density at radius 2 is 1.29 bits per heavy atom. The molecule has 0 spiro atoms. The zero-order chi connectivity index (χ0) is 13.5. The fourth-order valence-corrected chi connectivity index (χ4v) is 3.54. The Morgan fingerprint density at radius 3 is 1.59 bits per heavy atom. The van der Waals surface area contributed by atoms with Gasteiger partial charge in [-0.2, -0.15) is 0 Å². The van der Waals surface area contributed by atoms with Crippen molar-refractivity contribution in [3.8, 4) is 0 Å². The van der Waals surface area contributed by atoms with Crippen LogP contribution in [0.3, 0.4) is 0 Å². The minimum atomic E-state index is -5.49. The molecule has 1 aromatic carbocycles. The molecule has 0 unspecified atom stereocenters. The second-order valence-electron chi connectivity index (χ2n) is 3.35. The fourth-order valence-electron chi connectivity index (χ4n) is 1.21. The van der Waals surface area contributed by atoms with Gasteiger partial charge in [-0.05, 0) is 12.1 Å². The van der Waals surface area contributed by atoms with Gasteiger partial charge in [0.15, 0.2) is 0 Å². The van der Waals surface area contributed by atoms with E-state index in [4.69, 9.17) is 25.3 Å². The summed E-state index contributed by atoms with van der Waals surface area (Å²) < 4.78 is 22.2. The number of nitrogens with two attached hydrogens (primary N) is 1. The van der Waals surface area contributed by atoms with Gasteiger partial charge in [0.1, 0.15) is 0 Å². The average molecular weight is 283 g/mol. The molecule has 0 heterocycles. The van der Waals surface area contributed by atoms with E-state index in [9.17, 15) is 14.2 Å². The second-order valence-corrected chi connectivity index (χ2v) is 7.17. The first-order valence-electron chi connectivity index (χ1n) is 4.20. The molecule has 0 saturated heterocycles. The molecule has 8 nitrogen and oxygen atoms in total. The fraction of sp³-hybridized carbons (Fsp3) is 0.143. The lowest BCUT2D eigenvalue weighted by Crippen LogP contribution is -2.25. The maximum atomic E-state index is 11.1. The van der Waals surface area contributed by atoms with Gasteiger partial charge >= 0.3 is 15.2 Å². The monoisotopic (exact) mass is 283 g/mol. The molecule has 1 aromatic rings. The van der Waals surface area contributed by atoms with Crippen molar-refractivity contribution in [3.05, 3.63) is 29.8 Å². The highest BCUT2D eigenvalue weighted by molar-refractivity contribution is 7.71. The molecule has 0 radical (unpaired) electrons. The Hall–Kier alpha value is -0.720. The van der Waals surface area contributed by atoms with Crippen LogP contribution in [0.1, 0.15) is 5.56 Å². The lowest BCUT2D eigenvalue weighted by Gasteiger charge is -2.29. The van der Waals surface area contributed by atoms with E-state index in [-0.39, 0.29) is 5.69 Å². The van der Waals surface area contributed by atoms with Crippen molar-refractivity contribution in [1.29, 1.82) is 0 Å². The first-order valence-corrected chi connectivity index (χ1v) is 7.42. The van der Waals surface area contributed by atoms with Crippen LogP contribution >= 0.6 is 15.2 Å². The molecule has 0 aliphatic heterocycles. The Bertz CT molecular complexity index is 479. The minimum Gasteiger partial charge on any atom is -0.399 e. The van der Waals surface area contributed by atoms with E-state index in [0.717, 1.165) is 24.3 Å². The molecule has 0 aromatic heterocycles. The lowest BCUT2D eigenvalue weighted by molar-refractivity contribution is 0.131. The lowest BCUT2D eigenvalue weighted by atomic mass is 10.2. The third-order valence-electron chi connectivity index (χ3n) is 2.11. The van der Waals surface area contributed by atoms with Gasteiger partial charge < -0.3 is 30.4 Å². The highest BCUT2D eigenvalue weighted by Crippen LogP contribution is 2.72. The third-order valence-corrected chi connectivity index (χ3v) is 5.81. The molecule has 0 atom stereocenters. The Kier molecular flexibility index (Phi) is 3.53. The number of nitrogen functional groups attached to an aromatic ring is 1. The van der Waals surface area contributed by atoms with Crippen molar-refractivity contribution >= 4 is 20.9 Å². The third kappa shape index (κ3) is 2.43. The van der Waals surface area contributed by atoms with E-state index >= 15 is 0 Å².